The Morgan fingerprint density at radius 1 is 1.29 bits per heavy atom. The molecule has 2 fully saturated rings. The summed E-state index contributed by atoms with van der Waals surface area (Å²) >= 11 is 0. The molecule has 6 heteroatoms. The van der Waals surface area contributed by atoms with E-state index >= 15 is 0 Å². The fourth-order valence-electron chi connectivity index (χ4n) is 3.92. The van der Waals surface area contributed by atoms with E-state index in [1.807, 2.05) is 23.1 Å². The van der Waals surface area contributed by atoms with Gasteiger partial charge in [0.05, 0.1) is 37.0 Å². The topological polar surface area (TPSA) is 64.4 Å². The molecule has 2 aromatic rings. The van der Waals surface area contributed by atoms with Gasteiger partial charge in [-0.15, -0.1) is 0 Å². The van der Waals surface area contributed by atoms with Gasteiger partial charge in [-0.3, -0.25) is 14.3 Å². The molecule has 1 aromatic carbocycles. The van der Waals surface area contributed by atoms with Crippen LogP contribution >= 0.6 is 0 Å². The first-order chi connectivity index (χ1) is 11.7. The van der Waals surface area contributed by atoms with Crippen LogP contribution in [-0.2, 0) is 16.1 Å². The average molecular weight is 327 g/mol. The molecule has 1 aromatic heterocycles. The number of amides is 1. The second kappa shape index (κ2) is 6.36. The van der Waals surface area contributed by atoms with Crippen LogP contribution in [0.2, 0.25) is 0 Å². The summed E-state index contributed by atoms with van der Waals surface area (Å²) in [5.41, 5.74) is 0.689. The lowest BCUT2D eigenvalue weighted by Crippen LogP contribution is -2.51. The first kappa shape index (κ1) is 15.3. The molecule has 2 heterocycles. The third-order valence-corrected chi connectivity index (χ3v) is 5.10. The first-order valence-corrected chi connectivity index (χ1v) is 8.60. The second-order valence-corrected chi connectivity index (χ2v) is 6.49. The van der Waals surface area contributed by atoms with E-state index in [4.69, 9.17) is 4.74 Å². The number of hydrogen-bond donors (Lipinski definition) is 0. The molecule has 2 atom stereocenters. The molecule has 1 saturated carbocycles. The van der Waals surface area contributed by atoms with Crippen molar-refractivity contribution in [3.8, 4) is 0 Å². The van der Waals surface area contributed by atoms with E-state index in [1.165, 1.54) is 6.20 Å². The molecule has 6 nitrogen and oxygen atoms in total. The van der Waals surface area contributed by atoms with Crippen LogP contribution < -0.4 is 5.43 Å². The number of benzene rings is 1. The number of carbonyl (C=O) groups excluding carboxylic acids is 1. The molecule has 126 valence electrons. The zero-order valence-electron chi connectivity index (χ0n) is 13.6. The Morgan fingerprint density at radius 3 is 3.08 bits per heavy atom. The summed E-state index contributed by atoms with van der Waals surface area (Å²) in [7, 11) is 0. The summed E-state index contributed by atoms with van der Waals surface area (Å²) < 4.78 is 7.52. The molecule has 24 heavy (non-hydrogen) atoms. The molecule has 1 aliphatic heterocycles. The summed E-state index contributed by atoms with van der Waals surface area (Å²) in [5, 5.41) is 4.84. The maximum atomic E-state index is 12.7. The van der Waals surface area contributed by atoms with Crippen LogP contribution in [0.1, 0.15) is 25.7 Å². The Bertz CT molecular complexity index is 817. The van der Waals surface area contributed by atoms with Crippen LogP contribution in [0.25, 0.3) is 10.9 Å². The van der Waals surface area contributed by atoms with Crippen molar-refractivity contribution in [3.05, 3.63) is 40.7 Å². The van der Waals surface area contributed by atoms with Gasteiger partial charge in [-0.05, 0) is 31.4 Å². The summed E-state index contributed by atoms with van der Waals surface area (Å²) in [6.45, 7) is 1.79. The normalized spacial score (nSPS) is 23.4. The fraction of sp³-hybridized carbons (Fsp3) is 0.500. The smallest absolute Gasteiger partial charge is 0.224 e. The highest BCUT2D eigenvalue weighted by molar-refractivity contribution is 5.79. The average Bonchev–Trinajstić information content (AvgIpc) is 3.10. The predicted octanol–water partition coefficient (Wildman–Crippen LogP) is 1.57. The number of aromatic nitrogens is 2. The molecule has 0 spiro atoms. The lowest BCUT2D eigenvalue weighted by Gasteiger charge is -2.37. The molecule has 4 rings (SSSR count). The van der Waals surface area contributed by atoms with Gasteiger partial charge in [0, 0.05) is 18.4 Å². The lowest BCUT2D eigenvalue weighted by molar-refractivity contribution is -0.144. The number of carbonyl (C=O) groups is 1. The monoisotopic (exact) mass is 327 g/mol. The minimum Gasteiger partial charge on any atom is -0.374 e. The molecule has 0 bridgehead atoms. The minimum atomic E-state index is -0.0878. The second-order valence-electron chi connectivity index (χ2n) is 6.49. The van der Waals surface area contributed by atoms with Crippen molar-refractivity contribution >= 4 is 16.8 Å². The van der Waals surface area contributed by atoms with Crippen LogP contribution in [0.15, 0.2) is 35.3 Å². The highest BCUT2D eigenvalue weighted by atomic mass is 16.5. The van der Waals surface area contributed by atoms with Gasteiger partial charge >= 0.3 is 0 Å². The third kappa shape index (κ3) is 2.71. The van der Waals surface area contributed by atoms with E-state index < -0.39 is 0 Å². The van der Waals surface area contributed by atoms with Crippen molar-refractivity contribution < 1.29 is 9.53 Å². The number of fused-ring (bicyclic) bond motifs is 2. The molecule has 1 aliphatic carbocycles. The van der Waals surface area contributed by atoms with E-state index in [0.717, 1.165) is 24.8 Å². The Hall–Kier alpha value is -2.21. The molecule has 0 radical (unpaired) electrons. The Balaban J connectivity index is 1.50. The molecular formula is C18H21N3O3. The van der Waals surface area contributed by atoms with E-state index in [0.29, 0.717) is 31.5 Å². The van der Waals surface area contributed by atoms with Gasteiger partial charge in [0.15, 0.2) is 0 Å². The number of nitrogens with zero attached hydrogens (tertiary/aromatic N) is 3. The van der Waals surface area contributed by atoms with Crippen molar-refractivity contribution in [1.82, 2.24) is 14.7 Å². The van der Waals surface area contributed by atoms with Gasteiger partial charge in [-0.2, -0.15) is 5.10 Å². The fourth-order valence-corrected chi connectivity index (χ4v) is 3.92. The van der Waals surface area contributed by atoms with E-state index in [-0.39, 0.29) is 23.5 Å². The highest BCUT2D eigenvalue weighted by Gasteiger charge is 2.38. The number of hydrogen-bond acceptors (Lipinski definition) is 4. The van der Waals surface area contributed by atoms with Gasteiger partial charge in [0.1, 0.15) is 0 Å². The quantitative estimate of drug-likeness (QED) is 0.858. The first-order valence-electron chi connectivity index (χ1n) is 8.60. The number of para-hydroxylation sites is 1. The van der Waals surface area contributed by atoms with E-state index in [1.54, 1.807) is 10.7 Å². The van der Waals surface area contributed by atoms with Gasteiger partial charge < -0.3 is 9.64 Å². The number of morpholine rings is 1. The van der Waals surface area contributed by atoms with Crippen LogP contribution in [0.3, 0.4) is 0 Å². The summed E-state index contributed by atoms with van der Waals surface area (Å²) in [5.74, 6) is 0.153. The van der Waals surface area contributed by atoms with E-state index in [9.17, 15) is 9.59 Å². The predicted molar refractivity (Wildman–Crippen MR) is 89.7 cm³/mol. The van der Waals surface area contributed by atoms with Crippen molar-refractivity contribution in [1.29, 1.82) is 0 Å². The van der Waals surface area contributed by atoms with Gasteiger partial charge in [0.25, 0.3) is 0 Å². The van der Waals surface area contributed by atoms with Crippen molar-refractivity contribution in [2.45, 2.75) is 44.4 Å². The van der Waals surface area contributed by atoms with Crippen LogP contribution in [0.5, 0.6) is 0 Å². The summed E-state index contributed by atoms with van der Waals surface area (Å²) in [4.78, 5) is 26.6. The largest absolute Gasteiger partial charge is 0.374 e. The summed E-state index contributed by atoms with van der Waals surface area (Å²) in [6, 6.07) is 7.63. The number of ether oxygens (including phenoxy) is 1. The number of aryl methyl sites for hydroxylation is 1. The van der Waals surface area contributed by atoms with Crippen molar-refractivity contribution in [3.63, 3.8) is 0 Å². The maximum absolute atomic E-state index is 12.7. The Labute approximate surface area is 140 Å². The molecule has 1 saturated heterocycles. The summed E-state index contributed by atoms with van der Waals surface area (Å²) in [6.07, 6.45) is 5.16. The van der Waals surface area contributed by atoms with E-state index in [2.05, 4.69) is 5.10 Å². The maximum Gasteiger partial charge on any atom is 0.224 e. The SMILES string of the molecule is O=C(CCn1ncc(=O)c2ccccc21)N1CCO[C@@H]2CCC[C@H]21. The molecule has 1 amide bonds. The molecule has 0 unspecified atom stereocenters. The van der Waals surface area contributed by atoms with Gasteiger partial charge in [0.2, 0.25) is 11.3 Å². The lowest BCUT2D eigenvalue weighted by atomic mass is 10.1. The Kier molecular flexibility index (Phi) is 4.06. The Morgan fingerprint density at radius 2 is 2.17 bits per heavy atom. The molecular weight excluding hydrogens is 306 g/mol. The number of rotatable bonds is 3. The van der Waals surface area contributed by atoms with Crippen LogP contribution in [0, 0.1) is 0 Å². The van der Waals surface area contributed by atoms with Crippen molar-refractivity contribution in [2.24, 2.45) is 0 Å². The van der Waals surface area contributed by atoms with Crippen LogP contribution in [-0.4, -0.2) is 45.9 Å². The van der Waals surface area contributed by atoms with Gasteiger partial charge in [-0.1, -0.05) is 12.1 Å². The van der Waals surface area contributed by atoms with Crippen LogP contribution in [0.4, 0.5) is 0 Å². The standard InChI is InChI=1S/C18H21N3O3/c22-16-12-19-21(14-5-2-1-4-13(14)16)9-8-18(23)20-10-11-24-17-7-3-6-15(17)20/h1-2,4-5,12,15,17H,3,6-11H2/t15-,17-/m1/s1. The molecule has 0 N–H and O–H groups in total. The third-order valence-electron chi connectivity index (χ3n) is 5.10. The minimum absolute atomic E-state index is 0.0878. The molecule has 2 aliphatic rings. The zero-order valence-corrected chi connectivity index (χ0v) is 13.6. The highest BCUT2D eigenvalue weighted by Crippen LogP contribution is 2.30. The van der Waals surface area contributed by atoms with Crippen molar-refractivity contribution in [2.75, 3.05) is 13.2 Å². The zero-order chi connectivity index (χ0) is 16.5. The van der Waals surface area contributed by atoms with Gasteiger partial charge in [-0.25, -0.2) is 0 Å².